The van der Waals surface area contributed by atoms with Crippen molar-refractivity contribution in [3.05, 3.63) is 64.7 Å². The molecule has 21 heavy (non-hydrogen) atoms. The summed E-state index contributed by atoms with van der Waals surface area (Å²) in [7, 11) is 1.97. The number of Topliss-reactive ketones (excluding diaryl/α,β-unsaturated/α-hetero) is 1. The molecule has 3 aromatic rings. The topological polar surface area (TPSA) is 34.0 Å². The number of hydrogen-bond acceptors (Lipinski definition) is 2. The van der Waals surface area contributed by atoms with Crippen LogP contribution in [0.5, 0.6) is 0 Å². The van der Waals surface area contributed by atoms with Crippen LogP contribution in [-0.4, -0.2) is 10.4 Å². The smallest absolute Gasteiger partial charge is 0.213 e. The number of hydrogen-bond donors (Lipinski definition) is 1. The third kappa shape index (κ3) is 1.51. The molecule has 0 aliphatic carbocycles. The number of anilines is 1. The van der Waals surface area contributed by atoms with Crippen LogP contribution in [0.25, 0.3) is 23.2 Å². The molecule has 102 valence electrons. The first-order valence-corrected chi connectivity index (χ1v) is 6.86. The van der Waals surface area contributed by atoms with Crippen molar-refractivity contribution >= 4 is 34.6 Å². The van der Waals surface area contributed by atoms with E-state index < -0.39 is 0 Å². The lowest BCUT2D eigenvalue weighted by Crippen LogP contribution is -2.32. The van der Waals surface area contributed by atoms with Crippen molar-refractivity contribution in [2.75, 3.05) is 5.32 Å². The van der Waals surface area contributed by atoms with Gasteiger partial charge in [-0.2, -0.15) is 0 Å². The van der Waals surface area contributed by atoms with E-state index in [1.807, 2.05) is 60.1 Å². The summed E-state index contributed by atoms with van der Waals surface area (Å²) in [4.78, 5) is 12.6. The van der Waals surface area contributed by atoms with Crippen LogP contribution >= 0.6 is 0 Å². The highest BCUT2D eigenvalue weighted by atomic mass is 16.1. The number of carbonyl (C=O) groups is 1. The van der Waals surface area contributed by atoms with Crippen LogP contribution in [0.2, 0.25) is 0 Å². The van der Waals surface area contributed by atoms with Crippen LogP contribution in [0.4, 0.5) is 5.69 Å². The number of carbonyl (C=O) groups excluding carboxylic acids is 1. The molecular weight excluding hydrogens is 260 g/mol. The first-order valence-electron chi connectivity index (χ1n) is 6.86. The minimum atomic E-state index is 0.0291. The van der Waals surface area contributed by atoms with E-state index in [1.54, 1.807) is 0 Å². The standard InChI is InChI=1S/C18H14N2O/c1-11-12-7-4-6-10-15(12)20(2)17(11)16-18(21)13-8-3-5-9-14(13)19-16/h3-10,19H,1H2,2H3/b17-16+. The highest BCUT2D eigenvalue weighted by molar-refractivity contribution is 6.33. The van der Waals surface area contributed by atoms with E-state index in [-0.39, 0.29) is 5.78 Å². The molecule has 0 radical (unpaired) electrons. The molecule has 3 nitrogen and oxygen atoms in total. The summed E-state index contributed by atoms with van der Waals surface area (Å²) >= 11 is 0. The molecule has 2 aromatic carbocycles. The lowest BCUT2D eigenvalue weighted by Gasteiger charge is -2.00. The van der Waals surface area contributed by atoms with Crippen molar-refractivity contribution in [3.63, 3.8) is 0 Å². The number of nitrogens with one attached hydrogen (secondary N) is 1. The number of rotatable bonds is 0. The van der Waals surface area contributed by atoms with E-state index in [0.717, 1.165) is 32.7 Å². The van der Waals surface area contributed by atoms with E-state index in [2.05, 4.69) is 11.9 Å². The Balaban J connectivity index is 2.13. The van der Waals surface area contributed by atoms with E-state index in [4.69, 9.17) is 0 Å². The van der Waals surface area contributed by atoms with Crippen molar-refractivity contribution in [2.45, 2.75) is 0 Å². The van der Waals surface area contributed by atoms with Gasteiger partial charge in [0.2, 0.25) is 5.78 Å². The van der Waals surface area contributed by atoms with Crippen LogP contribution < -0.4 is 15.9 Å². The number of para-hydroxylation sites is 2. The SMILES string of the molecule is C=c1/c(=C2\Nc3ccccc3C2=O)n(C)c2ccccc12. The Morgan fingerprint density at radius 1 is 1.05 bits per heavy atom. The molecular formula is C18H14N2O. The predicted molar refractivity (Wildman–Crippen MR) is 85.5 cm³/mol. The number of aryl methyl sites for hydroxylation is 1. The zero-order valence-electron chi connectivity index (χ0n) is 11.7. The van der Waals surface area contributed by atoms with Crippen molar-refractivity contribution < 1.29 is 4.79 Å². The second kappa shape index (κ2) is 4.09. The van der Waals surface area contributed by atoms with Gasteiger partial charge >= 0.3 is 0 Å². The van der Waals surface area contributed by atoms with Gasteiger partial charge in [0.15, 0.2) is 0 Å². The molecule has 1 aliphatic rings. The average molecular weight is 274 g/mol. The second-order valence-corrected chi connectivity index (χ2v) is 5.28. The highest BCUT2D eigenvalue weighted by Crippen LogP contribution is 2.27. The van der Waals surface area contributed by atoms with Gasteiger partial charge in [-0.3, -0.25) is 4.79 Å². The summed E-state index contributed by atoms with van der Waals surface area (Å²) in [6.07, 6.45) is 0. The molecule has 0 spiro atoms. The molecule has 0 fully saturated rings. The molecule has 1 aliphatic heterocycles. The van der Waals surface area contributed by atoms with Crippen molar-refractivity contribution in [2.24, 2.45) is 7.05 Å². The fourth-order valence-electron chi connectivity index (χ4n) is 3.07. The Bertz CT molecular complexity index is 1010. The summed E-state index contributed by atoms with van der Waals surface area (Å²) < 4.78 is 2.03. The van der Waals surface area contributed by atoms with Crippen molar-refractivity contribution in [3.8, 4) is 0 Å². The summed E-state index contributed by atoms with van der Waals surface area (Å²) in [5, 5.41) is 6.07. The Kier molecular flexibility index (Phi) is 2.33. The highest BCUT2D eigenvalue weighted by Gasteiger charge is 2.26. The molecule has 0 atom stereocenters. The van der Waals surface area contributed by atoms with E-state index in [0.29, 0.717) is 5.70 Å². The number of ketones is 1. The minimum absolute atomic E-state index is 0.0291. The maximum Gasteiger partial charge on any atom is 0.213 e. The number of aromatic nitrogens is 1. The summed E-state index contributed by atoms with van der Waals surface area (Å²) in [6.45, 7) is 4.18. The Morgan fingerprint density at radius 2 is 1.76 bits per heavy atom. The molecule has 0 bridgehead atoms. The van der Waals surface area contributed by atoms with Gasteiger partial charge in [-0.25, -0.2) is 0 Å². The van der Waals surface area contributed by atoms with E-state index in [9.17, 15) is 4.79 Å². The first kappa shape index (κ1) is 12.0. The number of benzene rings is 2. The van der Waals surface area contributed by atoms with Gasteiger partial charge in [-0.1, -0.05) is 36.9 Å². The summed E-state index contributed by atoms with van der Waals surface area (Å²) in [6, 6.07) is 15.6. The van der Waals surface area contributed by atoms with Crippen LogP contribution in [0.3, 0.4) is 0 Å². The van der Waals surface area contributed by atoms with Crippen molar-refractivity contribution in [1.29, 1.82) is 0 Å². The molecule has 1 aromatic heterocycles. The normalized spacial score (nSPS) is 16.1. The van der Waals surface area contributed by atoms with Gasteiger partial charge < -0.3 is 9.88 Å². The van der Waals surface area contributed by atoms with E-state index in [1.165, 1.54) is 0 Å². The Morgan fingerprint density at radius 3 is 2.52 bits per heavy atom. The lowest BCUT2D eigenvalue weighted by atomic mass is 10.1. The predicted octanol–water partition coefficient (Wildman–Crippen LogP) is 2.01. The Hall–Kier alpha value is -2.81. The second-order valence-electron chi connectivity index (χ2n) is 5.28. The fourth-order valence-corrected chi connectivity index (χ4v) is 3.07. The van der Waals surface area contributed by atoms with E-state index >= 15 is 0 Å². The molecule has 1 N–H and O–H groups in total. The van der Waals surface area contributed by atoms with Gasteiger partial charge in [-0.05, 0) is 18.2 Å². The quantitative estimate of drug-likeness (QED) is 0.680. The van der Waals surface area contributed by atoms with Crippen molar-refractivity contribution in [1.82, 2.24) is 4.57 Å². The average Bonchev–Trinajstić information content (AvgIpc) is 2.96. The van der Waals surface area contributed by atoms with Gasteiger partial charge in [0.1, 0.15) is 5.70 Å². The lowest BCUT2D eigenvalue weighted by molar-refractivity contribution is 0.105. The third-order valence-corrected chi connectivity index (χ3v) is 4.11. The van der Waals surface area contributed by atoms with Crippen LogP contribution in [-0.2, 0) is 7.05 Å². The first-order chi connectivity index (χ1) is 10.2. The van der Waals surface area contributed by atoms with Crippen LogP contribution in [0.1, 0.15) is 10.4 Å². The minimum Gasteiger partial charge on any atom is -0.350 e. The maximum absolute atomic E-state index is 12.6. The molecule has 0 saturated carbocycles. The van der Waals surface area contributed by atoms with Gasteiger partial charge in [0.05, 0.1) is 5.35 Å². The molecule has 4 rings (SSSR count). The molecule has 3 heteroatoms. The third-order valence-electron chi connectivity index (χ3n) is 4.11. The van der Waals surface area contributed by atoms with Crippen LogP contribution in [0.15, 0.2) is 48.5 Å². The monoisotopic (exact) mass is 274 g/mol. The van der Waals surface area contributed by atoms with Gasteiger partial charge in [-0.15, -0.1) is 0 Å². The molecule has 0 saturated heterocycles. The Labute approximate surface area is 121 Å². The summed E-state index contributed by atoms with van der Waals surface area (Å²) in [5.74, 6) is 0.0291. The number of nitrogens with zero attached hydrogens (tertiary/aromatic N) is 1. The van der Waals surface area contributed by atoms with Gasteiger partial charge in [0.25, 0.3) is 0 Å². The van der Waals surface area contributed by atoms with Gasteiger partial charge in [0, 0.05) is 34.4 Å². The zero-order valence-corrected chi connectivity index (χ0v) is 11.7. The number of fused-ring (bicyclic) bond motifs is 2. The summed E-state index contributed by atoms with van der Waals surface area (Å²) in [5.41, 5.74) is 3.27. The molecule has 0 unspecified atom stereocenters. The molecule has 2 heterocycles. The fraction of sp³-hybridized carbons (Fsp3) is 0.0556. The molecule has 0 amide bonds. The zero-order chi connectivity index (χ0) is 14.6. The van der Waals surface area contributed by atoms with Crippen LogP contribution in [0, 0.1) is 0 Å². The largest absolute Gasteiger partial charge is 0.350 e. The maximum atomic E-state index is 12.6.